The van der Waals surface area contributed by atoms with E-state index < -0.39 is 6.10 Å². The molecule has 1 heterocycles. The third kappa shape index (κ3) is 3.28. The lowest BCUT2D eigenvalue weighted by atomic mass is 9.85. The molecule has 1 aliphatic heterocycles. The molecule has 128 valence electrons. The van der Waals surface area contributed by atoms with Crippen molar-refractivity contribution in [2.24, 2.45) is 11.8 Å². The number of methoxy groups -OCH3 is 1. The lowest BCUT2D eigenvalue weighted by Crippen LogP contribution is -2.40. The first-order valence-electron chi connectivity index (χ1n) is 8.05. The van der Waals surface area contributed by atoms with Crippen molar-refractivity contribution in [1.29, 1.82) is 0 Å². The van der Waals surface area contributed by atoms with Gasteiger partial charge in [-0.3, -0.25) is 14.5 Å². The first kappa shape index (κ1) is 16.5. The molecule has 1 aromatic rings. The van der Waals surface area contributed by atoms with Crippen molar-refractivity contribution in [2.45, 2.75) is 18.9 Å². The molecule has 1 fully saturated rings. The second-order valence-electron chi connectivity index (χ2n) is 6.08. The maximum atomic E-state index is 12.3. The highest BCUT2D eigenvalue weighted by Crippen LogP contribution is 2.35. The Kier molecular flexibility index (Phi) is 4.85. The van der Waals surface area contributed by atoms with Gasteiger partial charge in [-0.2, -0.15) is 0 Å². The number of allylic oxidation sites excluding steroid dienone is 2. The highest BCUT2D eigenvalue weighted by Gasteiger charge is 2.47. The standard InChI is InChI=1S/C18H21NO5/c1-23-13-6-8-14(9-7-13)24-11-12(20)10-19-17(21)15-4-2-3-5-16(15)18(19)22/h2-3,6-9,12,15-16,20H,4-5,10-11H2,1H3/t12-,15+,16+/m1/s1. The SMILES string of the molecule is COc1ccc(OC[C@H](O)CN2C(=O)[C@H]3CC=CC[C@@H]3C2=O)cc1. The van der Waals surface area contributed by atoms with Gasteiger partial charge in [0.15, 0.2) is 0 Å². The number of ether oxygens (including phenoxy) is 2. The molecule has 0 aromatic heterocycles. The molecule has 0 radical (unpaired) electrons. The Balaban J connectivity index is 1.53. The van der Waals surface area contributed by atoms with E-state index >= 15 is 0 Å². The Labute approximate surface area is 140 Å². The Hall–Kier alpha value is -2.34. The molecule has 1 aliphatic carbocycles. The molecule has 1 saturated heterocycles. The van der Waals surface area contributed by atoms with Gasteiger partial charge in [0.1, 0.15) is 24.2 Å². The van der Waals surface area contributed by atoms with Crippen molar-refractivity contribution in [3.63, 3.8) is 0 Å². The Morgan fingerprint density at radius 2 is 1.62 bits per heavy atom. The average Bonchev–Trinajstić information content (AvgIpc) is 2.86. The molecular weight excluding hydrogens is 310 g/mol. The number of benzene rings is 1. The zero-order chi connectivity index (χ0) is 17.1. The van der Waals surface area contributed by atoms with Gasteiger partial charge in [-0.25, -0.2) is 0 Å². The molecule has 0 spiro atoms. The number of nitrogens with zero attached hydrogens (tertiary/aromatic N) is 1. The van der Waals surface area contributed by atoms with Gasteiger partial charge in [0, 0.05) is 0 Å². The molecule has 24 heavy (non-hydrogen) atoms. The molecule has 1 aromatic carbocycles. The summed E-state index contributed by atoms with van der Waals surface area (Å²) in [6, 6.07) is 6.98. The number of β-amino-alcohol motifs (C(OH)–C–C–N with tert-alkyl or cyclic N) is 1. The minimum atomic E-state index is -0.923. The van der Waals surface area contributed by atoms with Crippen molar-refractivity contribution >= 4 is 11.8 Å². The Morgan fingerprint density at radius 3 is 2.17 bits per heavy atom. The number of hydrogen-bond acceptors (Lipinski definition) is 5. The summed E-state index contributed by atoms with van der Waals surface area (Å²) in [6.07, 6.45) is 4.17. The summed E-state index contributed by atoms with van der Waals surface area (Å²) >= 11 is 0. The largest absolute Gasteiger partial charge is 0.497 e. The molecule has 0 unspecified atom stereocenters. The van der Waals surface area contributed by atoms with Crippen molar-refractivity contribution in [2.75, 3.05) is 20.3 Å². The van der Waals surface area contributed by atoms with Gasteiger partial charge in [0.05, 0.1) is 25.5 Å². The van der Waals surface area contributed by atoms with Gasteiger partial charge >= 0.3 is 0 Å². The van der Waals surface area contributed by atoms with Crippen molar-refractivity contribution in [1.82, 2.24) is 4.90 Å². The average molecular weight is 331 g/mol. The lowest BCUT2D eigenvalue weighted by molar-refractivity contribution is -0.141. The molecule has 0 bridgehead atoms. The zero-order valence-corrected chi connectivity index (χ0v) is 13.6. The first-order chi connectivity index (χ1) is 11.6. The predicted octanol–water partition coefficient (Wildman–Crippen LogP) is 1.39. The molecular formula is C18H21NO5. The van der Waals surface area contributed by atoms with Crippen LogP contribution in [0.4, 0.5) is 0 Å². The third-order valence-electron chi connectivity index (χ3n) is 4.49. The number of imide groups is 1. The van der Waals surface area contributed by atoms with E-state index in [9.17, 15) is 14.7 Å². The second kappa shape index (κ2) is 7.05. The summed E-state index contributed by atoms with van der Waals surface area (Å²) in [5.41, 5.74) is 0. The van der Waals surface area contributed by atoms with E-state index in [0.717, 1.165) is 0 Å². The van der Waals surface area contributed by atoms with Crippen LogP contribution in [0.15, 0.2) is 36.4 Å². The number of aliphatic hydroxyl groups excluding tert-OH is 1. The quantitative estimate of drug-likeness (QED) is 0.630. The number of hydrogen-bond donors (Lipinski definition) is 1. The highest BCUT2D eigenvalue weighted by atomic mass is 16.5. The highest BCUT2D eigenvalue weighted by molar-refractivity contribution is 6.05. The lowest BCUT2D eigenvalue weighted by Gasteiger charge is -2.19. The Morgan fingerprint density at radius 1 is 1.08 bits per heavy atom. The zero-order valence-electron chi connectivity index (χ0n) is 13.6. The molecule has 0 saturated carbocycles. The van der Waals surface area contributed by atoms with Gasteiger partial charge < -0.3 is 14.6 Å². The van der Waals surface area contributed by atoms with Gasteiger partial charge in [-0.15, -0.1) is 0 Å². The molecule has 1 N–H and O–H groups in total. The number of carbonyl (C=O) groups excluding carboxylic acids is 2. The summed E-state index contributed by atoms with van der Waals surface area (Å²) in [7, 11) is 1.58. The third-order valence-corrected chi connectivity index (χ3v) is 4.49. The summed E-state index contributed by atoms with van der Waals surface area (Å²) in [5, 5.41) is 10.1. The van der Waals surface area contributed by atoms with Crippen molar-refractivity contribution < 1.29 is 24.2 Å². The summed E-state index contributed by atoms with van der Waals surface area (Å²) in [4.78, 5) is 25.9. The minimum Gasteiger partial charge on any atom is -0.497 e. The van der Waals surface area contributed by atoms with Crippen LogP contribution in [-0.4, -0.2) is 48.2 Å². The van der Waals surface area contributed by atoms with Crippen LogP contribution in [0.1, 0.15) is 12.8 Å². The van der Waals surface area contributed by atoms with Gasteiger partial charge in [-0.05, 0) is 37.1 Å². The number of carbonyl (C=O) groups is 2. The van der Waals surface area contributed by atoms with Crippen LogP contribution < -0.4 is 9.47 Å². The van der Waals surface area contributed by atoms with E-state index in [1.807, 2.05) is 12.2 Å². The van der Waals surface area contributed by atoms with Crippen molar-refractivity contribution in [3.8, 4) is 11.5 Å². The monoisotopic (exact) mass is 331 g/mol. The van der Waals surface area contributed by atoms with Crippen LogP contribution in [0.5, 0.6) is 11.5 Å². The van der Waals surface area contributed by atoms with Crippen LogP contribution in [-0.2, 0) is 9.59 Å². The molecule has 6 heteroatoms. The fourth-order valence-corrected chi connectivity index (χ4v) is 3.18. The number of rotatable bonds is 6. The van der Waals surface area contributed by atoms with Crippen LogP contribution in [0.2, 0.25) is 0 Å². The van der Waals surface area contributed by atoms with Crippen LogP contribution >= 0.6 is 0 Å². The maximum Gasteiger partial charge on any atom is 0.233 e. The predicted molar refractivity (Wildman–Crippen MR) is 86.6 cm³/mol. The maximum absolute atomic E-state index is 12.3. The van der Waals surface area contributed by atoms with Crippen LogP contribution in [0, 0.1) is 11.8 Å². The van der Waals surface area contributed by atoms with E-state index in [1.54, 1.807) is 31.4 Å². The fraction of sp³-hybridized carbons (Fsp3) is 0.444. The summed E-state index contributed by atoms with van der Waals surface area (Å²) < 4.78 is 10.6. The first-order valence-corrected chi connectivity index (χ1v) is 8.05. The van der Waals surface area contributed by atoms with E-state index in [-0.39, 0.29) is 36.8 Å². The van der Waals surface area contributed by atoms with E-state index in [4.69, 9.17) is 9.47 Å². The van der Waals surface area contributed by atoms with E-state index in [0.29, 0.717) is 24.3 Å². The Bertz CT molecular complexity index is 613. The van der Waals surface area contributed by atoms with Gasteiger partial charge in [0.2, 0.25) is 11.8 Å². The molecule has 2 aliphatic rings. The van der Waals surface area contributed by atoms with Crippen LogP contribution in [0.3, 0.4) is 0 Å². The van der Waals surface area contributed by atoms with Crippen molar-refractivity contribution in [3.05, 3.63) is 36.4 Å². The topological polar surface area (TPSA) is 76.1 Å². The number of fused-ring (bicyclic) bond motifs is 1. The summed E-state index contributed by atoms with van der Waals surface area (Å²) in [6.45, 7) is -0.0161. The molecule has 3 rings (SSSR count). The van der Waals surface area contributed by atoms with E-state index in [2.05, 4.69) is 0 Å². The van der Waals surface area contributed by atoms with Gasteiger partial charge in [-0.1, -0.05) is 12.2 Å². The van der Waals surface area contributed by atoms with E-state index in [1.165, 1.54) is 4.90 Å². The number of aliphatic hydroxyl groups is 1. The van der Waals surface area contributed by atoms with Crippen LogP contribution in [0.25, 0.3) is 0 Å². The number of likely N-dealkylation sites (tertiary alicyclic amines) is 1. The molecule has 2 amide bonds. The number of amides is 2. The fourth-order valence-electron chi connectivity index (χ4n) is 3.18. The summed E-state index contributed by atoms with van der Waals surface area (Å²) in [5.74, 6) is 0.407. The smallest absolute Gasteiger partial charge is 0.233 e. The molecule has 3 atom stereocenters. The normalized spacial score (nSPS) is 24.0. The molecule has 6 nitrogen and oxygen atoms in total. The minimum absolute atomic E-state index is 0.0109. The van der Waals surface area contributed by atoms with Gasteiger partial charge in [0.25, 0.3) is 0 Å². The second-order valence-corrected chi connectivity index (χ2v) is 6.08.